The van der Waals surface area contributed by atoms with E-state index < -0.39 is 5.91 Å². The van der Waals surface area contributed by atoms with Gasteiger partial charge in [0.15, 0.2) is 11.5 Å². The molecule has 1 atom stereocenters. The van der Waals surface area contributed by atoms with Crippen LogP contribution in [0.4, 0.5) is 5.69 Å². The van der Waals surface area contributed by atoms with Gasteiger partial charge in [0, 0.05) is 17.8 Å². The predicted octanol–water partition coefficient (Wildman–Crippen LogP) is 3.84. The van der Waals surface area contributed by atoms with E-state index in [1.165, 1.54) is 26.5 Å². The van der Waals surface area contributed by atoms with Gasteiger partial charge in [0.1, 0.15) is 5.69 Å². The lowest BCUT2D eigenvalue weighted by Crippen LogP contribution is -2.34. The van der Waals surface area contributed by atoms with E-state index in [9.17, 15) is 9.59 Å². The summed E-state index contributed by atoms with van der Waals surface area (Å²) in [5.41, 5.74) is 0.685. The zero-order valence-electron chi connectivity index (χ0n) is 16.2. The quantitative estimate of drug-likeness (QED) is 0.699. The average Bonchev–Trinajstić information content (AvgIpc) is 2.74. The lowest BCUT2D eigenvalue weighted by atomic mass is 10.0. The summed E-state index contributed by atoms with van der Waals surface area (Å²) in [5.74, 6) is -0.179. The van der Waals surface area contributed by atoms with Crippen LogP contribution in [0.15, 0.2) is 42.6 Å². The van der Waals surface area contributed by atoms with Gasteiger partial charge >= 0.3 is 0 Å². The molecule has 2 N–H and O–H groups in total. The Hall–Kier alpha value is -3.06. The first kappa shape index (κ1) is 20.7. The zero-order chi connectivity index (χ0) is 20.8. The third kappa shape index (κ3) is 4.86. The Morgan fingerprint density at radius 3 is 2.69 bits per heavy atom. The Labute approximate surface area is 174 Å². The van der Waals surface area contributed by atoms with Crippen molar-refractivity contribution in [1.29, 1.82) is 0 Å². The van der Waals surface area contributed by atoms with Crippen molar-refractivity contribution < 1.29 is 19.1 Å². The molecule has 1 aliphatic rings. The van der Waals surface area contributed by atoms with Crippen LogP contribution in [0.25, 0.3) is 0 Å². The highest BCUT2D eigenvalue weighted by molar-refractivity contribution is 6.34. The molecule has 0 radical (unpaired) electrons. The molecule has 0 saturated carbocycles. The van der Waals surface area contributed by atoms with Crippen LogP contribution >= 0.6 is 11.6 Å². The highest BCUT2D eigenvalue weighted by atomic mass is 35.5. The highest BCUT2D eigenvalue weighted by Crippen LogP contribution is 2.37. The molecule has 2 aromatic rings. The molecule has 29 heavy (non-hydrogen) atoms. The average molecular weight is 416 g/mol. The molecule has 3 rings (SSSR count). The number of carbonyl (C=O) groups is 2. The molecule has 1 aromatic carbocycles. The highest BCUT2D eigenvalue weighted by Gasteiger charge is 2.21. The van der Waals surface area contributed by atoms with E-state index >= 15 is 0 Å². The van der Waals surface area contributed by atoms with Crippen LogP contribution < -0.4 is 20.1 Å². The molecule has 0 bridgehead atoms. The standard InChI is InChI=1S/C21H22ClN3O4/c1-28-17-12-13(20(26)24-14-7-4-3-5-8-14)11-16(19(17)29-2)25-21(27)18-15(22)9-6-10-23-18/h4,6-7,9-12,14H,3,5,8H2,1-2H3,(H,24,26)(H,25,27). The van der Waals surface area contributed by atoms with E-state index in [0.29, 0.717) is 17.1 Å². The van der Waals surface area contributed by atoms with E-state index in [2.05, 4.69) is 21.7 Å². The van der Waals surface area contributed by atoms with Crippen LogP contribution in [0, 0.1) is 0 Å². The number of nitrogens with one attached hydrogen (secondary N) is 2. The number of hydrogen-bond acceptors (Lipinski definition) is 5. The molecule has 7 nitrogen and oxygen atoms in total. The van der Waals surface area contributed by atoms with Gasteiger partial charge in [-0.15, -0.1) is 0 Å². The van der Waals surface area contributed by atoms with Crippen LogP contribution in [0.1, 0.15) is 40.1 Å². The number of hydrogen-bond donors (Lipinski definition) is 2. The third-order valence-corrected chi connectivity index (χ3v) is 4.84. The van der Waals surface area contributed by atoms with E-state index in [1.54, 1.807) is 18.2 Å². The number of halogens is 1. The molecule has 1 unspecified atom stereocenters. The van der Waals surface area contributed by atoms with Gasteiger partial charge in [-0.3, -0.25) is 9.59 Å². The van der Waals surface area contributed by atoms with Gasteiger partial charge in [0.25, 0.3) is 11.8 Å². The Balaban J connectivity index is 1.90. The topological polar surface area (TPSA) is 89.6 Å². The number of aromatic nitrogens is 1. The third-order valence-electron chi connectivity index (χ3n) is 4.53. The second-order valence-electron chi connectivity index (χ2n) is 6.49. The van der Waals surface area contributed by atoms with Crippen molar-refractivity contribution in [2.45, 2.75) is 25.3 Å². The molecular weight excluding hydrogens is 394 g/mol. The summed E-state index contributed by atoms with van der Waals surface area (Å²) in [5, 5.41) is 5.90. The van der Waals surface area contributed by atoms with Gasteiger partial charge in [-0.1, -0.05) is 23.8 Å². The predicted molar refractivity (Wildman–Crippen MR) is 111 cm³/mol. The fourth-order valence-electron chi connectivity index (χ4n) is 3.11. The molecule has 152 valence electrons. The minimum absolute atomic E-state index is 0.0188. The molecule has 1 aromatic heterocycles. The zero-order valence-corrected chi connectivity index (χ0v) is 17.0. The lowest BCUT2D eigenvalue weighted by molar-refractivity contribution is 0.0940. The normalized spacial score (nSPS) is 15.5. The van der Waals surface area contributed by atoms with Crippen molar-refractivity contribution in [1.82, 2.24) is 10.3 Å². The van der Waals surface area contributed by atoms with Gasteiger partial charge in [-0.2, -0.15) is 0 Å². The molecule has 2 amide bonds. The fraction of sp³-hybridized carbons (Fsp3) is 0.286. The summed E-state index contributed by atoms with van der Waals surface area (Å²) in [4.78, 5) is 29.4. The molecule has 8 heteroatoms. The van der Waals surface area contributed by atoms with Gasteiger partial charge < -0.3 is 20.1 Å². The molecule has 0 fully saturated rings. The molecule has 1 aliphatic carbocycles. The number of allylic oxidation sites excluding steroid dienone is 1. The van der Waals surface area contributed by atoms with E-state index in [0.717, 1.165) is 19.3 Å². The molecule has 1 heterocycles. The van der Waals surface area contributed by atoms with Crippen molar-refractivity contribution in [2.24, 2.45) is 0 Å². The van der Waals surface area contributed by atoms with Gasteiger partial charge in [0.05, 0.1) is 24.9 Å². The Morgan fingerprint density at radius 2 is 2.03 bits per heavy atom. The minimum atomic E-state index is -0.524. The SMILES string of the molecule is COc1cc(C(=O)NC2C=CCCC2)cc(NC(=O)c2ncccc2Cl)c1OC. The van der Waals surface area contributed by atoms with Crippen molar-refractivity contribution in [3.05, 3.63) is 58.9 Å². The first-order valence-electron chi connectivity index (χ1n) is 9.19. The summed E-state index contributed by atoms with van der Waals surface area (Å²) in [6, 6.07) is 6.30. The van der Waals surface area contributed by atoms with Crippen LogP contribution in [-0.4, -0.2) is 37.1 Å². The monoisotopic (exact) mass is 415 g/mol. The largest absolute Gasteiger partial charge is 0.493 e. The Bertz CT molecular complexity index is 946. The maximum absolute atomic E-state index is 12.8. The molecule has 0 spiro atoms. The number of pyridine rings is 1. The van der Waals surface area contributed by atoms with Crippen LogP contribution in [0.2, 0.25) is 5.02 Å². The second kappa shape index (κ2) is 9.43. The Kier molecular flexibility index (Phi) is 6.72. The van der Waals surface area contributed by atoms with Crippen LogP contribution in [-0.2, 0) is 0 Å². The number of nitrogens with zero attached hydrogens (tertiary/aromatic N) is 1. The van der Waals surface area contributed by atoms with E-state index in [4.69, 9.17) is 21.1 Å². The molecule has 0 aliphatic heterocycles. The maximum Gasteiger partial charge on any atom is 0.275 e. The number of methoxy groups -OCH3 is 2. The van der Waals surface area contributed by atoms with Crippen LogP contribution in [0.5, 0.6) is 11.5 Å². The Morgan fingerprint density at radius 1 is 1.21 bits per heavy atom. The number of rotatable bonds is 6. The van der Waals surface area contributed by atoms with Gasteiger partial charge in [-0.25, -0.2) is 4.98 Å². The first-order chi connectivity index (χ1) is 14.0. The lowest BCUT2D eigenvalue weighted by Gasteiger charge is -2.19. The summed E-state index contributed by atoms with van der Waals surface area (Å²) < 4.78 is 10.7. The van der Waals surface area contributed by atoms with Crippen molar-refractivity contribution in [2.75, 3.05) is 19.5 Å². The van der Waals surface area contributed by atoms with Crippen molar-refractivity contribution >= 4 is 29.1 Å². The van der Waals surface area contributed by atoms with Crippen molar-refractivity contribution in [3.63, 3.8) is 0 Å². The number of anilines is 1. The molecule has 0 saturated heterocycles. The summed E-state index contributed by atoms with van der Waals surface area (Å²) in [6.07, 6.45) is 8.46. The van der Waals surface area contributed by atoms with Crippen LogP contribution in [0.3, 0.4) is 0 Å². The fourth-order valence-corrected chi connectivity index (χ4v) is 3.31. The second-order valence-corrected chi connectivity index (χ2v) is 6.89. The minimum Gasteiger partial charge on any atom is -0.493 e. The summed E-state index contributed by atoms with van der Waals surface area (Å²) >= 11 is 6.06. The number of amides is 2. The maximum atomic E-state index is 12.8. The van der Waals surface area contributed by atoms with E-state index in [-0.39, 0.29) is 28.4 Å². The summed E-state index contributed by atoms with van der Waals surface area (Å²) in [6.45, 7) is 0. The van der Waals surface area contributed by atoms with Gasteiger partial charge in [0.2, 0.25) is 0 Å². The molecular formula is C21H22ClN3O4. The van der Waals surface area contributed by atoms with Gasteiger partial charge in [-0.05, 0) is 43.5 Å². The number of ether oxygens (including phenoxy) is 2. The number of benzene rings is 1. The first-order valence-corrected chi connectivity index (χ1v) is 9.56. The van der Waals surface area contributed by atoms with E-state index in [1.807, 2.05) is 6.08 Å². The smallest absolute Gasteiger partial charge is 0.275 e. The summed E-state index contributed by atoms with van der Waals surface area (Å²) in [7, 11) is 2.92. The number of carbonyl (C=O) groups excluding carboxylic acids is 2. The van der Waals surface area contributed by atoms with Crippen molar-refractivity contribution in [3.8, 4) is 11.5 Å².